The van der Waals surface area contributed by atoms with Gasteiger partial charge in [0.15, 0.2) is 0 Å². The van der Waals surface area contributed by atoms with Gasteiger partial charge < -0.3 is 10.6 Å². The maximum absolute atomic E-state index is 7.84. The summed E-state index contributed by atoms with van der Waals surface area (Å²) in [5, 5.41) is 7.84. The van der Waals surface area contributed by atoms with Crippen LogP contribution in [0.1, 0.15) is 37.2 Å². The van der Waals surface area contributed by atoms with E-state index in [-0.39, 0.29) is 5.84 Å². The van der Waals surface area contributed by atoms with Crippen LogP contribution in [0.15, 0.2) is 6.07 Å². The van der Waals surface area contributed by atoms with Crippen LogP contribution in [-0.4, -0.2) is 34.4 Å². The lowest BCUT2D eigenvalue weighted by atomic mass is 10.1. The molecule has 1 aliphatic rings. The summed E-state index contributed by atoms with van der Waals surface area (Å²) >= 11 is 2.02. The van der Waals surface area contributed by atoms with Crippen LogP contribution in [0, 0.1) is 19.3 Å². The highest BCUT2D eigenvalue weighted by Crippen LogP contribution is 2.33. The number of hydrogen-bond acceptors (Lipinski definition) is 4. The molecule has 1 aromatic rings. The zero-order chi connectivity index (χ0) is 14.9. The third-order valence-electron chi connectivity index (χ3n) is 3.76. The second kappa shape index (κ2) is 5.64. The van der Waals surface area contributed by atoms with Crippen LogP contribution in [0.4, 0.5) is 5.69 Å². The SMILES string of the molecule is Cc1cc(N2CCSC(C)(C)CC2)c(C(=N)N)c(C)n1. The molecule has 0 aromatic carbocycles. The average molecular weight is 292 g/mol. The van der Waals surface area contributed by atoms with Gasteiger partial charge in [0.05, 0.1) is 16.9 Å². The molecule has 0 aliphatic carbocycles. The molecule has 0 amide bonds. The number of nitrogens with two attached hydrogens (primary N) is 1. The number of thioether (sulfide) groups is 1. The van der Waals surface area contributed by atoms with Gasteiger partial charge in [-0.1, -0.05) is 13.8 Å². The molecule has 0 atom stereocenters. The van der Waals surface area contributed by atoms with Crippen LogP contribution < -0.4 is 10.6 Å². The van der Waals surface area contributed by atoms with E-state index in [0.29, 0.717) is 4.75 Å². The fourth-order valence-electron chi connectivity index (χ4n) is 2.65. The summed E-state index contributed by atoms with van der Waals surface area (Å²) in [4.78, 5) is 6.81. The van der Waals surface area contributed by atoms with Gasteiger partial charge in [0.1, 0.15) is 5.84 Å². The summed E-state index contributed by atoms with van der Waals surface area (Å²) in [6.07, 6.45) is 1.13. The molecule has 3 N–H and O–H groups in total. The van der Waals surface area contributed by atoms with Gasteiger partial charge in [-0.25, -0.2) is 0 Å². The van der Waals surface area contributed by atoms with Crippen molar-refractivity contribution in [2.75, 3.05) is 23.7 Å². The first-order chi connectivity index (χ1) is 9.30. The van der Waals surface area contributed by atoms with Crippen molar-refractivity contribution < 1.29 is 0 Å². The fourth-order valence-corrected chi connectivity index (χ4v) is 3.75. The van der Waals surface area contributed by atoms with E-state index in [1.54, 1.807) is 0 Å². The highest BCUT2D eigenvalue weighted by atomic mass is 32.2. The second-order valence-corrected chi connectivity index (χ2v) is 7.80. The lowest BCUT2D eigenvalue weighted by molar-refractivity contribution is 0.637. The molecule has 110 valence electrons. The molecule has 1 saturated heterocycles. The van der Waals surface area contributed by atoms with E-state index in [1.165, 1.54) is 0 Å². The molecule has 2 heterocycles. The van der Waals surface area contributed by atoms with E-state index in [1.807, 2.05) is 25.6 Å². The summed E-state index contributed by atoms with van der Waals surface area (Å²) in [5.41, 5.74) is 9.47. The average Bonchev–Trinajstić information content (AvgIpc) is 2.48. The molecule has 1 aliphatic heterocycles. The minimum Gasteiger partial charge on any atom is -0.384 e. The number of aromatic nitrogens is 1. The number of nitrogens with zero attached hydrogens (tertiary/aromatic N) is 2. The molecule has 0 saturated carbocycles. The van der Waals surface area contributed by atoms with Gasteiger partial charge in [-0.05, 0) is 26.3 Å². The summed E-state index contributed by atoms with van der Waals surface area (Å²) in [6, 6.07) is 2.06. The topological polar surface area (TPSA) is 66.0 Å². The van der Waals surface area contributed by atoms with Crippen LogP contribution in [0.2, 0.25) is 0 Å². The lowest BCUT2D eigenvalue weighted by Crippen LogP contribution is -2.30. The Labute approximate surface area is 125 Å². The van der Waals surface area contributed by atoms with E-state index in [9.17, 15) is 0 Å². The number of nitrogen functional groups attached to an aromatic ring is 1. The Morgan fingerprint density at radius 3 is 2.75 bits per heavy atom. The molecule has 0 unspecified atom stereocenters. The minimum atomic E-state index is 0.112. The number of hydrogen-bond donors (Lipinski definition) is 2. The van der Waals surface area contributed by atoms with Gasteiger partial charge in [-0.15, -0.1) is 0 Å². The van der Waals surface area contributed by atoms with Crippen LogP contribution in [-0.2, 0) is 0 Å². The number of amidine groups is 1. The van der Waals surface area contributed by atoms with E-state index >= 15 is 0 Å². The maximum Gasteiger partial charge on any atom is 0.126 e. The van der Waals surface area contributed by atoms with E-state index in [2.05, 4.69) is 29.8 Å². The molecule has 2 rings (SSSR count). The quantitative estimate of drug-likeness (QED) is 0.650. The van der Waals surface area contributed by atoms with Crippen molar-refractivity contribution in [1.82, 2.24) is 4.98 Å². The molecule has 0 spiro atoms. The summed E-state index contributed by atoms with van der Waals surface area (Å²) in [7, 11) is 0. The Morgan fingerprint density at radius 2 is 2.10 bits per heavy atom. The van der Waals surface area contributed by atoms with Crippen molar-refractivity contribution in [3.05, 3.63) is 23.0 Å². The molecule has 20 heavy (non-hydrogen) atoms. The van der Waals surface area contributed by atoms with Crippen LogP contribution >= 0.6 is 11.8 Å². The van der Waals surface area contributed by atoms with Gasteiger partial charge >= 0.3 is 0 Å². The zero-order valence-corrected chi connectivity index (χ0v) is 13.6. The predicted octanol–water partition coefficient (Wildman–Crippen LogP) is 2.70. The van der Waals surface area contributed by atoms with Crippen molar-refractivity contribution in [3.8, 4) is 0 Å². The summed E-state index contributed by atoms with van der Waals surface area (Å²) in [5.74, 6) is 1.21. The Morgan fingerprint density at radius 1 is 1.40 bits per heavy atom. The monoisotopic (exact) mass is 292 g/mol. The number of aryl methyl sites for hydroxylation is 2. The van der Waals surface area contributed by atoms with Crippen molar-refractivity contribution in [2.24, 2.45) is 5.73 Å². The second-order valence-electron chi connectivity index (χ2n) is 6.00. The normalized spacial score (nSPS) is 18.7. The number of anilines is 1. The Balaban J connectivity index is 2.39. The summed E-state index contributed by atoms with van der Waals surface area (Å²) < 4.78 is 0.322. The highest BCUT2D eigenvalue weighted by molar-refractivity contribution is 8.00. The molecule has 1 fully saturated rings. The van der Waals surface area contributed by atoms with Crippen molar-refractivity contribution >= 4 is 23.3 Å². The molecular formula is C15H24N4S. The molecule has 4 nitrogen and oxygen atoms in total. The van der Waals surface area contributed by atoms with Gasteiger partial charge in [-0.3, -0.25) is 10.4 Å². The van der Waals surface area contributed by atoms with E-state index in [4.69, 9.17) is 11.1 Å². The van der Waals surface area contributed by atoms with Gasteiger partial charge in [0, 0.05) is 29.3 Å². The zero-order valence-electron chi connectivity index (χ0n) is 12.8. The predicted molar refractivity (Wildman–Crippen MR) is 88.1 cm³/mol. The van der Waals surface area contributed by atoms with Crippen molar-refractivity contribution in [2.45, 2.75) is 38.9 Å². The first-order valence-electron chi connectivity index (χ1n) is 7.02. The van der Waals surface area contributed by atoms with Crippen molar-refractivity contribution in [3.63, 3.8) is 0 Å². The number of nitrogens with one attached hydrogen (secondary N) is 1. The Kier molecular flexibility index (Phi) is 4.28. The smallest absolute Gasteiger partial charge is 0.126 e. The van der Waals surface area contributed by atoms with Crippen LogP contribution in [0.25, 0.3) is 0 Å². The lowest BCUT2D eigenvalue weighted by Gasteiger charge is -2.27. The minimum absolute atomic E-state index is 0.112. The van der Waals surface area contributed by atoms with Crippen LogP contribution in [0.3, 0.4) is 0 Å². The Bertz CT molecular complexity index is 525. The molecule has 0 radical (unpaired) electrons. The number of pyridine rings is 1. The molecule has 1 aromatic heterocycles. The summed E-state index contributed by atoms with van der Waals surface area (Å²) in [6.45, 7) is 10.5. The third kappa shape index (κ3) is 3.26. The highest BCUT2D eigenvalue weighted by Gasteiger charge is 2.25. The molecule has 0 bridgehead atoms. The van der Waals surface area contributed by atoms with Gasteiger partial charge in [0.2, 0.25) is 0 Å². The maximum atomic E-state index is 7.84. The van der Waals surface area contributed by atoms with Gasteiger partial charge in [-0.2, -0.15) is 11.8 Å². The molecular weight excluding hydrogens is 268 g/mol. The van der Waals surface area contributed by atoms with Crippen LogP contribution in [0.5, 0.6) is 0 Å². The first-order valence-corrected chi connectivity index (χ1v) is 8.00. The fraction of sp³-hybridized carbons (Fsp3) is 0.600. The standard InChI is InChI=1S/C15H24N4S/c1-10-9-12(13(14(16)17)11(2)18-10)19-6-5-15(3,4)20-8-7-19/h9H,5-8H2,1-4H3,(H3,16,17). The van der Waals surface area contributed by atoms with E-state index in [0.717, 1.165) is 47.9 Å². The Hall–Kier alpha value is -1.23. The largest absolute Gasteiger partial charge is 0.384 e. The van der Waals surface area contributed by atoms with Gasteiger partial charge in [0.25, 0.3) is 0 Å². The first kappa shape index (κ1) is 15.2. The van der Waals surface area contributed by atoms with E-state index < -0.39 is 0 Å². The van der Waals surface area contributed by atoms with Crippen molar-refractivity contribution in [1.29, 1.82) is 5.41 Å². The molecule has 5 heteroatoms. The third-order valence-corrected chi connectivity index (χ3v) is 5.13. The number of rotatable bonds is 2.